The number of fused-ring (bicyclic) bond motifs is 2. The van der Waals surface area contributed by atoms with E-state index in [1.165, 1.54) is 17.2 Å². The van der Waals surface area contributed by atoms with Gasteiger partial charge in [-0.05, 0) is 76.1 Å². The third kappa shape index (κ3) is 4.26. The van der Waals surface area contributed by atoms with Gasteiger partial charge in [0, 0.05) is 23.8 Å². The molecule has 0 saturated carbocycles. The fourth-order valence-corrected chi connectivity index (χ4v) is 4.81. The molecule has 1 aromatic heterocycles. The highest BCUT2D eigenvalue weighted by Gasteiger charge is 2.39. The summed E-state index contributed by atoms with van der Waals surface area (Å²) in [5.41, 5.74) is 5.21. The minimum Gasteiger partial charge on any atom is -0.493 e. The van der Waals surface area contributed by atoms with Gasteiger partial charge in [0.15, 0.2) is 17.3 Å². The molecule has 3 aromatic rings. The van der Waals surface area contributed by atoms with Crippen LogP contribution in [0.15, 0.2) is 48.8 Å². The van der Waals surface area contributed by atoms with Gasteiger partial charge in [0.1, 0.15) is 11.3 Å². The lowest BCUT2D eigenvalue weighted by molar-refractivity contribution is 0.128. The van der Waals surface area contributed by atoms with Gasteiger partial charge < -0.3 is 25.0 Å². The SMILES string of the molecule is C=C1N(C(C)C)c2cc(-c3nc(Nc4ccc5c(c4)CCNC5)ncc3OC)cc(F)c2OC1(C)C. The summed E-state index contributed by atoms with van der Waals surface area (Å²) in [7, 11) is 1.55. The highest BCUT2D eigenvalue weighted by Crippen LogP contribution is 2.47. The van der Waals surface area contributed by atoms with E-state index < -0.39 is 11.4 Å². The van der Waals surface area contributed by atoms with Crippen molar-refractivity contribution in [1.82, 2.24) is 15.3 Å². The van der Waals surface area contributed by atoms with Crippen LogP contribution in [0.5, 0.6) is 11.5 Å². The lowest BCUT2D eigenvalue weighted by Gasteiger charge is -2.45. The van der Waals surface area contributed by atoms with Crippen molar-refractivity contribution in [2.75, 3.05) is 23.9 Å². The molecular weight excluding hydrogens is 457 g/mol. The van der Waals surface area contributed by atoms with Gasteiger partial charge >= 0.3 is 0 Å². The molecule has 2 aliphatic heterocycles. The molecule has 0 spiro atoms. The highest BCUT2D eigenvalue weighted by molar-refractivity contribution is 5.77. The summed E-state index contributed by atoms with van der Waals surface area (Å²) in [4.78, 5) is 11.2. The number of ether oxygens (including phenoxy) is 2. The Bertz CT molecular complexity index is 1340. The van der Waals surface area contributed by atoms with Gasteiger partial charge in [-0.25, -0.2) is 14.4 Å². The fraction of sp³-hybridized carbons (Fsp3) is 0.357. The number of methoxy groups -OCH3 is 1. The van der Waals surface area contributed by atoms with Gasteiger partial charge in [-0.1, -0.05) is 12.6 Å². The van der Waals surface area contributed by atoms with Gasteiger partial charge in [-0.3, -0.25) is 0 Å². The predicted octanol–water partition coefficient (Wildman–Crippen LogP) is 5.58. The van der Waals surface area contributed by atoms with E-state index in [4.69, 9.17) is 14.5 Å². The Morgan fingerprint density at radius 3 is 2.78 bits per heavy atom. The Morgan fingerprint density at radius 2 is 2.03 bits per heavy atom. The topological polar surface area (TPSA) is 71.5 Å². The lowest BCUT2D eigenvalue weighted by Crippen LogP contribution is -2.47. The molecule has 7 nitrogen and oxygen atoms in total. The number of hydrogen-bond donors (Lipinski definition) is 2. The second-order valence-corrected chi connectivity index (χ2v) is 9.97. The number of rotatable bonds is 5. The molecule has 0 saturated heterocycles. The molecule has 0 atom stereocenters. The van der Waals surface area contributed by atoms with Crippen LogP contribution in [-0.2, 0) is 13.0 Å². The number of nitrogens with zero attached hydrogens (tertiary/aromatic N) is 3. The quantitative estimate of drug-likeness (QED) is 0.485. The third-order valence-electron chi connectivity index (χ3n) is 6.74. The summed E-state index contributed by atoms with van der Waals surface area (Å²) >= 11 is 0. The molecule has 0 aliphatic carbocycles. The Kier molecular flexibility index (Phi) is 6.08. The third-order valence-corrected chi connectivity index (χ3v) is 6.74. The summed E-state index contributed by atoms with van der Waals surface area (Å²) in [6, 6.07) is 9.62. The Labute approximate surface area is 211 Å². The van der Waals surface area contributed by atoms with Crippen molar-refractivity contribution in [2.45, 2.75) is 52.3 Å². The highest BCUT2D eigenvalue weighted by atomic mass is 19.1. The van der Waals surface area contributed by atoms with Crippen LogP contribution in [0.4, 0.5) is 21.7 Å². The van der Waals surface area contributed by atoms with Crippen molar-refractivity contribution < 1.29 is 13.9 Å². The summed E-state index contributed by atoms with van der Waals surface area (Å²) in [6.07, 6.45) is 2.58. The molecule has 2 aromatic carbocycles. The molecule has 0 bridgehead atoms. The largest absolute Gasteiger partial charge is 0.493 e. The number of aromatic nitrogens is 2. The normalized spacial score (nSPS) is 16.3. The first-order chi connectivity index (χ1) is 17.2. The van der Waals surface area contributed by atoms with Gasteiger partial charge in [0.05, 0.1) is 24.7 Å². The van der Waals surface area contributed by atoms with Crippen LogP contribution < -0.4 is 25.0 Å². The van der Waals surface area contributed by atoms with Crippen LogP contribution in [0.2, 0.25) is 0 Å². The summed E-state index contributed by atoms with van der Waals surface area (Å²) in [5.74, 6) is 0.593. The first-order valence-corrected chi connectivity index (χ1v) is 12.2. The number of anilines is 3. The van der Waals surface area contributed by atoms with Crippen LogP contribution in [0.25, 0.3) is 11.3 Å². The molecule has 0 fully saturated rings. The van der Waals surface area contributed by atoms with Crippen LogP contribution >= 0.6 is 0 Å². The second-order valence-electron chi connectivity index (χ2n) is 9.97. The fourth-order valence-electron chi connectivity index (χ4n) is 4.81. The molecule has 188 valence electrons. The van der Waals surface area contributed by atoms with Crippen LogP contribution in [-0.4, -0.2) is 35.3 Å². The number of nitrogens with one attached hydrogen (secondary N) is 2. The van der Waals surface area contributed by atoms with E-state index in [1.807, 2.05) is 44.7 Å². The van der Waals surface area contributed by atoms with Crippen LogP contribution in [0.1, 0.15) is 38.8 Å². The van der Waals surface area contributed by atoms with Crippen LogP contribution in [0.3, 0.4) is 0 Å². The minimum atomic E-state index is -0.728. The Morgan fingerprint density at radius 1 is 1.22 bits per heavy atom. The Hall–Kier alpha value is -3.65. The zero-order valence-corrected chi connectivity index (χ0v) is 21.4. The van der Waals surface area contributed by atoms with E-state index in [1.54, 1.807) is 13.3 Å². The van der Waals surface area contributed by atoms with Gasteiger partial charge in [0.25, 0.3) is 0 Å². The van der Waals surface area contributed by atoms with Crippen LogP contribution in [0, 0.1) is 5.82 Å². The number of benzene rings is 2. The monoisotopic (exact) mass is 489 g/mol. The van der Waals surface area contributed by atoms with E-state index in [-0.39, 0.29) is 11.8 Å². The summed E-state index contributed by atoms with van der Waals surface area (Å²) in [5, 5.41) is 6.68. The van der Waals surface area contributed by atoms with Crippen molar-refractivity contribution in [3.05, 3.63) is 65.7 Å². The van der Waals surface area contributed by atoms with Crippen molar-refractivity contribution >= 4 is 17.3 Å². The number of hydrogen-bond acceptors (Lipinski definition) is 7. The predicted molar refractivity (Wildman–Crippen MR) is 141 cm³/mol. The van der Waals surface area contributed by atoms with E-state index in [0.717, 1.165) is 30.9 Å². The standard InChI is InChI=1S/C28H32FN5O2/c1-16(2)34-17(3)28(4,5)36-26-22(29)12-20(13-23(26)34)25-24(35-6)15-31-27(33-25)32-21-8-7-19-14-30-10-9-18(19)11-21/h7-8,11-13,15-16,30H,3,9-10,14H2,1-2,4-6H3,(H,31,32,33). The van der Waals surface area contributed by atoms with Gasteiger partial charge in [-0.2, -0.15) is 0 Å². The maximum Gasteiger partial charge on any atom is 0.227 e. The molecule has 0 amide bonds. The second kappa shape index (κ2) is 9.09. The van der Waals surface area contributed by atoms with E-state index in [0.29, 0.717) is 28.6 Å². The molecule has 36 heavy (non-hydrogen) atoms. The minimum absolute atomic E-state index is 0.0535. The zero-order chi connectivity index (χ0) is 25.6. The van der Waals surface area contributed by atoms with Crippen molar-refractivity contribution in [3.63, 3.8) is 0 Å². The molecule has 0 radical (unpaired) electrons. The Balaban J connectivity index is 1.55. The van der Waals surface area contributed by atoms with Crippen molar-refractivity contribution in [3.8, 4) is 22.8 Å². The molecule has 2 aliphatic rings. The molecule has 0 unspecified atom stereocenters. The van der Waals surface area contributed by atoms with Crippen molar-refractivity contribution in [1.29, 1.82) is 0 Å². The number of halogens is 1. The first kappa shape index (κ1) is 24.1. The van der Waals surface area contributed by atoms with Crippen molar-refractivity contribution in [2.24, 2.45) is 0 Å². The zero-order valence-electron chi connectivity index (χ0n) is 21.4. The smallest absolute Gasteiger partial charge is 0.227 e. The molecule has 8 heteroatoms. The summed E-state index contributed by atoms with van der Waals surface area (Å²) < 4.78 is 27.1. The average Bonchev–Trinajstić information content (AvgIpc) is 2.85. The first-order valence-electron chi connectivity index (χ1n) is 12.2. The maximum absolute atomic E-state index is 15.5. The molecule has 2 N–H and O–H groups in total. The van der Waals surface area contributed by atoms with E-state index >= 15 is 4.39 Å². The lowest BCUT2D eigenvalue weighted by atomic mass is 9.97. The van der Waals surface area contributed by atoms with Gasteiger partial charge in [-0.15, -0.1) is 0 Å². The molecule has 3 heterocycles. The molecular formula is C28H32FN5O2. The molecule has 5 rings (SSSR count). The van der Waals surface area contributed by atoms with E-state index in [9.17, 15) is 0 Å². The summed E-state index contributed by atoms with van der Waals surface area (Å²) in [6.45, 7) is 14.0. The average molecular weight is 490 g/mol. The van der Waals surface area contributed by atoms with Gasteiger partial charge in [0.2, 0.25) is 5.95 Å². The van der Waals surface area contributed by atoms with E-state index in [2.05, 4.69) is 34.3 Å². The maximum atomic E-state index is 15.5.